The minimum atomic E-state index is -3.60. The molecule has 0 nitrogen and oxygen atoms in total. The Balaban J connectivity index is 0.00000576. The molecule has 0 aromatic heterocycles. The Kier molecular flexibility index (Phi) is 16.6. The summed E-state index contributed by atoms with van der Waals surface area (Å²) < 4.78 is 0. The van der Waals surface area contributed by atoms with Gasteiger partial charge in [0.15, 0.2) is 0 Å². The van der Waals surface area contributed by atoms with Gasteiger partial charge in [-0.25, -0.2) is 0 Å². The molecule has 0 aliphatic rings. The maximum absolute atomic E-state index is 6.98. The maximum atomic E-state index is 6.98. The Labute approximate surface area is 404 Å². The largest absolute Gasteiger partial charge is 1.00 e. The summed E-state index contributed by atoms with van der Waals surface area (Å²) in [4.78, 5) is 0. The summed E-state index contributed by atoms with van der Waals surface area (Å²) in [7, 11) is 0. The summed E-state index contributed by atoms with van der Waals surface area (Å²) in [6.45, 7) is 0. The molecule has 0 saturated heterocycles. The number of rotatable bonds is 4. The summed E-state index contributed by atoms with van der Waals surface area (Å²) >= 11 is 134. The van der Waals surface area contributed by atoms with E-state index in [4.69, 9.17) is 232 Å². The van der Waals surface area contributed by atoms with E-state index in [-0.39, 0.29) is 174 Å². The summed E-state index contributed by atoms with van der Waals surface area (Å²) in [5.41, 5.74) is -1.03. The van der Waals surface area contributed by atoms with E-state index in [1.807, 2.05) is 0 Å². The van der Waals surface area contributed by atoms with Crippen molar-refractivity contribution in [1.29, 1.82) is 0 Å². The fraction of sp³-hybridized carbons (Fsp3) is 0. The Morgan fingerprint density at radius 3 is 0.370 bits per heavy atom. The van der Waals surface area contributed by atoms with Crippen LogP contribution >= 0.6 is 232 Å². The average Bonchev–Trinajstić information content (AvgIpc) is 3.00. The smallest absolute Gasteiger partial charge is 0.155 e. The third kappa shape index (κ3) is 7.02. The van der Waals surface area contributed by atoms with Crippen molar-refractivity contribution in [2.75, 3.05) is 0 Å². The Morgan fingerprint density at radius 1 is 0.174 bits per heavy atom. The second-order valence-corrected chi connectivity index (χ2v) is 16.4. The van der Waals surface area contributed by atoms with E-state index >= 15 is 0 Å². The van der Waals surface area contributed by atoms with Crippen LogP contribution in [0, 0.1) is 0 Å². The van der Waals surface area contributed by atoms with Gasteiger partial charge in [0.1, 0.15) is 6.15 Å². The van der Waals surface area contributed by atoms with Crippen LogP contribution in [0.1, 0.15) is 0 Å². The number of benzene rings is 4. The van der Waals surface area contributed by atoms with Gasteiger partial charge in [-0.3, -0.25) is 0 Å². The fourth-order valence-electron chi connectivity index (χ4n) is 4.87. The normalized spacial score (nSPS) is 11.7. The molecular weight excluding hydrogens is 1050 g/mol. The number of hydrogen-bond acceptors (Lipinski definition) is 0. The molecule has 0 unspecified atom stereocenters. The fourth-order valence-corrected chi connectivity index (χ4v) is 10.8. The van der Waals surface area contributed by atoms with Crippen molar-refractivity contribution < 1.29 is 51.4 Å². The third-order valence-electron chi connectivity index (χ3n) is 6.71. The van der Waals surface area contributed by atoms with Gasteiger partial charge >= 0.3 is 51.4 Å². The molecule has 0 spiro atoms. The monoisotopic (exact) mass is 1040 g/mol. The molecule has 4 aromatic rings. The summed E-state index contributed by atoms with van der Waals surface area (Å²) in [5.74, 6) is 0. The van der Waals surface area contributed by atoms with Crippen LogP contribution in [0.15, 0.2) is 0 Å². The van der Waals surface area contributed by atoms with Crippen molar-refractivity contribution in [3.8, 4) is 0 Å². The second kappa shape index (κ2) is 17.0. The summed E-state index contributed by atoms with van der Waals surface area (Å²) in [6.07, 6.45) is -3.60. The van der Waals surface area contributed by atoms with Gasteiger partial charge in [0.25, 0.3) is 0 Å². The predicted molar refractivity (Wildman–Crippen MR) is 210 cm³/mol. The van der Waals surface area contributed by atoms with Gasteiger partial charge in [-0.1, -0.05) is 232 Å². The van der Waals surface area contributed by atoms with E-state index < -0.39 is 6.15 Å². The van der Waals surface area contributed by atoms with Crippen LogP contribution in [0.25, 0.3) is 0 Å². The zero-order valence-corrected chi connectivity index (χ0v) is 39.4. The minimum absolute atomic E-state index is 0. The molecule has 0 aliphatic heterocycles. The molecule has 0 heterocycles. The first-order valence-electron chi connectivity index (χ1n) is 10.9. The van der Waals surface area contributed by atoms with Crippen LogP contribution < -0.4 is 73.2 Å². The maximum Gasteiger partial charge on any atom is 1.00 e. The van der Waals surface area contributed by atoms with Gasteiger partial charge < -0.3 is 0 Å². The topological polar surface area (TPSA) is 0 Å². The van der Waals surface area contributed by atoms with Gasteiger partial charge in [0, 0.05) is 40.2 Å². The molecule has 0 atom stereocenters. The Bertz CT molecular complexity index is 1580. The van der Waals surface area contributed by atoms with Crippen LogP contribution in [0.3, 0.4) is 0 Å². The number of halogens is 20. The molecular formula is C24BCl20K. The van der Waals surface area contributed by atoms with E-state index in [1.54, 1.807) is 0 Å². The van der Waals surface area contributed by atoms with Crippen molar-refractivity contribution in [2.24, 2.45) is 0 Å². The quantitative estimate of drug-likeness (QED) is 0.109. The van der Waals surface area contributed by atoms with Crippen LogP contribution in [0.4, 0.5) is 0 Å². The zero-order chi connectivity index (χ0) is 34.4. The molecule has 0 fully saturated rings. The molecule has 0 saturated carbocycles. The number of hydrogen-bond donors (Lipinski definition) is 0. The summed E-state index contributed by atoms with van der Waals surface area (Å²) in [5, 5.41) is -6.46. The van der Waals surface area contributed by atoms with Crippen molar-refractivity contribution in [1.82, 2.24) is 0 Å². The van der Waals surface area contributed by atoms with Crippen molar-refractivity contribution >= 4 is 260 Å². The van der Waals surface area contributed by atoms with Crippen molar-refractivity contribution in [3.05, 3.63) is 100 Å². The van der Waals surface area contributed by atoms with Crippen molar-refractivity contribution in [2.45, 2.75) is 0 Å². The molecule has 4 rings (SSSR count). The zero-order valence-electron chi connectivity index (χ0n) is 21.1. The van der Waals surface area contributed by atoms with E-state index in [9.17, 15) is 0 Å². The first kappa shape index (κ1) is 44.8. The predicted octanol–water partition coefficient (Wildman–Crippen LogP) is 13.1. The molecule has 0 bridgehead atoms. The standard InChI is InChI=1S/C24BCl20.K/c26-5-1(6(27)14(35)21(42)13(5)34)25(2-7(28)15(36)22(43)16(37)8(2)29,3-9(30)17(38)23(44)18(39)10(3)31)4-11(32)19(40)24(45)20(41)12(4)33;/q-1;+1. The SMILES string of the molecule is Clc1c(Cl)c(Cl)c([B-](c2c(Cl)c(Cl)c(Cl)c(Cl)c2Cl)(c2c(Cl)c(Cl)c(Cl)c(Cl)c2Cl)c2c(Cl)c(Cl)c(Cl)c(Cl)c2Cl)c(Cl)c1Cl.[K+]. The van der Waals surface area contributed by atoms with Gasteiger partial charge in [-0.05, 0) is 0 Å². The van der Waals surface area contributed by atoms with Gasteiger partial charge in [0.2, 0.25) is 0 Å². The van der Waals surface area contributed by atoms with Crippen LogP contribution in [0.2, 0.25) is 100 Å². The van der Waals surface area contributed by atoms with Crippen LogP contribution in [0.5, 0.6) is 0 Å². The summed E-state index contributed by atoms with van der Waals surface area (Å²) in [6, 6.07) is 0. The van der Waals surface area contributed by atoms with Crippen LogP contribution in [-0.4, -0.2) is 6.15 Å². The van der Waals surface area contributed by atoms with E-state index in [0.717, 1.165) is 0 Å². The molecule has 46 heavy (non-hydrogen) atoms. The molecule has 0 aliphatic carbocycles. The first-order chi connectivity index (χ1) is 20.7. The molecule has 0 N–H and O–H groups in total. The van der Waals surface area contributed by atoms with E-state index in [2.05, 4.69) is 0 Å². The van der Waals surface area contributed by atoms with Crippen LogP contribution in [-0.2, 0) is 0 Å². The molecule has 22 heteroatoms. The third-order valence-corrected chi connectivity index (χ3v) is 15.9. The second-order valence-electron chi connectivity index (χ2n) is 8.80. The molecule has 4 aromatic carbocycles. The molecule has 240 valence electrons. The average molecular weight is 1050 g/mol. The van der Waals surface area contributed by atoms with Gasteiger partial charge in [-0.15, -0.1) is 0 Å². The Hall–Kier alpha value is 4.38. The van der Waals surface area contributed by atoms with Crippen molar-refractivity contribution in [3.63, 3.8) is 0 Å². The Morgan fingerprint density at radius 2 is 0.261 bits per heavy atom. The molecule has 0 amide bonds. The van der Waals surface area contributed by atoms with E-state index in [1.165, 1.54) is 0 Å². The van der Waals surface area contributed by atoms with E-state index in [0.29, 0.717) is 0 Å². The first-order valence-corrected chi connectivity index (χ1v) is 18.5. The van der Waals surface area contributed by atoms with Gasteiger partial charge in [0.05, 0.1) is 60.3 Å². The minimum Gasteiger partial charge on any atom is -0.155 e. The molecule has 0 radical (unpaired) electrons. The van der Waals surface area contributed by atoms with Gasteiger partial charge in [-0.2, -0.15) is 21.9 Å².